The van der Waals surface area contributed by atoms with E-state index < -0.39 is 16.6 Å². The molecule has 0 bridgehead atoms. The van der Waals surface area contributed by atoms with Crippen molar-refractivity contribution in [1.82, 2.24) is 20.4 Å². The Morgan fingerprint density at radius 2 is 1.76 bits per heavy atom. The molecular weight excluding hydrogens is 444 g/mol. The second kappa shape index (κ2) is 9.02. The molecule has 1 fully saturated rings. The number of rotatable bonds is 7. The van der Waals surface area contributed by atoms with Gasteiger partial charge in [0.25, 0.3) is 5.89 Å². The molecule has 1 aliphatic heterocycles. The van der Waals surface area contributed by atoms with E-state index in [1.165, 1.54) is 0 Å². The van der Waals surface area contributed by atoms with Crippen molar-refractivity contribution in [2.75, 3.05) is 13.1 Å². The molecule has 33 heavy (non-hydrogen) atoms. The van der Waals surface area contributed by atoms with Gasteiger partial charge >= 0.3 is 0 Å². The summed E-state index contributed by atoms with van der Waals surface area (Å²) in [7, 11) is 0. The zero-order chi connectivity index (χ0) is 23.1. The van der Waals surface area contributed by atoms with Crippen LogP contribution in [0.25, 0.3) is 11.4 Å². The molecule has 0 radical (unpaired) electrons. The summed E-state index contributed by atoms with van der Waals surface area (Å²) in [6.07, 6.45) is 3.35. The van der Waals surface area contributed by atoms with Gasteiger partial charge in [-0.15, -0.1) is 12.4 Å². The van der Waals surface area contributed by atoms with E-state index in [0.717, 1.165) is 11.3 Å². The molecule has 3 aromatic rings. The van der Waals surface area contributed by atoms with Crippen molar-refractivity contribution in [1.29, 1.82) is 0 Å². The number of benzene rings is 1. The van der Waals surface area contributed by atoms with Gasteiger partial charge in [0, 0.05) is 42.0 Å². The lowest BCUT2D eigenvalue weighted by Gasteiger charge is -2.52. The Kier molecular flexibility index (Phi) is 6.87. The lowest BCUT2D eigenvalue weighted by molar-refractivity contribution is -0.0769. The first kappa shape index (κ1) is 25.1. The normalized spacial score (nSPS) is 17.1. The molecular formula is C24H31ClN4O4. The lowest BCUT2D eigenvalue weighted by Crippen LogP contribution is -2.63. The van der Waals surface area contributed by atoms with Gasteiger partial charge in [0.2, 0.25) is 5.82 Å². The van der Waals surface area contributed by atoms with E-state index in [0.29, 0.717) is 30.0 Å². The van der Waals surface area contributed by atoms with Crippen molar-refractivity contribution in [2.24, 2.45) is 5.41 Å². The average Bonchev–Trinajstić information content (AvgIpc) is 3.22. The van der Waals surface area contributed by atoms with Gasteiger partial charge in [-0.1, -0.05) is 24.2 Å². The fourth-order valence-electron chi connectivity index (χ4n) is 4.02. The van der Waals surface area contributed by atoms with E-state index in [-0.39, 0.29) is 24.4 Å². The van der Waals surface area contributed by atoms with E-state index in [9.17, 15) is 10.2 Å². The van der Waals surface area contributed by atoms with Crippen LogP contribution in [0, 0.1) is 5.41 Å². The van der Waals surface area contributed by atoms with E-state index in [1.54, 1.807) is 26.2 Å². The molecule has 1 atom stereocenters. The Balaban J connectivity index is 0.00000306. The van der Waals surface area contributed by atoms with Crippen LogP contribution in [-0.2, 0) is 11.2 Å². The quantitative estimate of drug-likeness (QED) is 0.477. The van der Waals surface area contributed by atoms with Crippen LogP contribution < -0.4 is 10.1 Å². The maximum absolute atomic E-state index is 12.2. The maximum Gasteiger partial charge on any atom is 0.258 e. The SMILES string of the molecule is CC(C)Oc1ccc([C@](O)(c2cncc(-c3noc(C(C)(C)O)n3)c2)C2(C)CNC2)cc1.Cl. The molecule has 9 heteroatoms. The summed E-state index contributed by atoms with van der Waals surface area (Å²) >= 11 is 0. The van der Waals surface area contributed by atoms with Gasteiger partial charge in [-0.2, -0.15) is 4.98 Å². The van der Waals surface area contributed by atoms with Gasteiger partial charge in [0.05, 0.1) is 6.10 Å². The highest BCUT2D eigenvalue weighted by Crippen LogP contribution is 2.48. The number of ether oxygens (including phenoxy) is 1. The minimum absolute atomic E-state index is 0. The second-order valence-electron chi connectivity index (χ2n) is 9.51. The number of hydrogen-bond donors (Lipinski definition) is 3. The minimum atomic E-state index is -1.31. The van der Waals surface area contributed by atoms with Gasteiger partial charge in [0.15, 0.2) is 0 Å². The van der Waals surface area contributed by atoms with Crippen molar-refractivity contribution in [2.45, 2.75) is 51.9 Å². The van der Waals surface area contributed by atoms with Crippen LogP contribution in [-0.4, -0.2) is 44.5 Å². The first-order chi connectivity index (χ1) is 15.0. The Labute approximate surface area is 199 Å². The molecule has 0 aliphatic carbocycles. The molecule has 1 aliphatic rings. The van der Waals surface area contributed by atoms with Gasteiger partial charge in [-0.05, 0) is 51.5 Å². The van der Waals surface area contributed by atoms with Gasteiger partial charge in [-0.3, -0.25) is 4.98 Å². The first-order valence-electron chi connectivity index (χ1n) is 10.8. The predicted octanol–water partition coefficient (Wildman–Crippen LogP) is 3.41. The molecule has 0 unspecified atom stereocenters. The number of nitrogens with zero attached hydrogens (tertiary/aromatic N) is 3. The summed E-state index contributed by atoms with van der Waals surface area (Å²) < 4.78 is 11.0. The zero-order valence-electron chi connectivity index (χ0n) is 19.5. The van der Waals surface area contributed by atoms with Crippen LogP contribution in [0.3, 0.4) is 0 Å². The Morgan fingerprint density at radius 3 is 2.27 bits per heavy atom. The van der Waals surface area contributed by atoms with Crippen LogP contribution in [0.2, 0.25) is 0 Å². The molecule has 0 saturated carbocycles. The van der Waals surface area contributed by atoms with Gasteiger partial charge < -0.3 is 24.8 Å². The maximum atomic E-state index is 12.2. The van der Waals surface area contributed by atoms with Crippen LogP contribution in [0.4, 0.5) is 0 Å². The molecule has 0 spiro atoms. The van der Waals surface area contributed by atoms with Gasteiger partial charge in [0.1, 0.15) is 17.0 Å². The first-order valence-corrected chi connectivity index (χ1v) is 10.8. The number of halogens is 1. The van der Waals surface area contributed by atoms with E-state index in [4.69, 9.17) is 9.26 Å². The van der Waals surface area contributed by atoms with Crippen molar-refractivity contribution < 1.29 is 19.5 Å². The number of hydrogen-bond acceptors (Lipinski definition) is 8. The van der Waals surface area contributed by atoms with E-state index >= 15 is 0 Å². The molecule has 4 rings (SSSR count). The topological polar surface area (TPSA) is 114 Å². The highest BCUT2D eigenvalue weighted by Gasteiger charge is 2.53. The Morgan fingerprint density at radius 1 is 1.09 bits per heavy atom. The lowest BCUT2D eigenvalue weighted by atomic mass is 9.63. The largest absolute Gasteiger partial charge is 0.491 e. The third kappa shape index (κ3) is 4.61. The summed E-state index contributed by atoms with van der Waals surface area (Å²) in [4.78, 5) is 8.67. The smallest absolute Gasteiger partial charge is 0.258 e. The minimum Gasteiger partial charge on any atom is -0.491 e. The monoisotopic (exact) mass is 474 g/mol. The third-order valence-corrected chi connectivity index (χ3v) is 5.91. The van der Waals surface area contributed by atoms with Gasteiger partial charge in [-0.25, -0.2) is 0 Å². The van der Waals surface area contributed by atoms with Crippen molar-refractivity contribution >= 4 is 12.4 Å². The highest BCUT2D eigenvalue weighted by molar-refractivity contribution is 5.85. The molecule has 3 N–H and O–H groups in total. The van der Waals surface area contributed by atoms with E-state index in [1.807, 2.05) is 44.2 Å². The van der Waals surface area contributed by atoms with E-state index in [2.05, 4.69) is 27.4 Å². The fourth-order valence-corrected chi connectivity index (χ4v) is 4.02. The van der Waals surface area contributed by atoms with Crippen LogP contribution in [0.15, 0.2) is 47.2 Å². The number of pyridine rings is 1. The zero-order valence-corrected chi connectivity index (χ0v) is 20.3. The van der Waals surface area contributed by atoms with Crippen LogP contribution in [0.5, 0.6) is 5.75 Å². The molecule has 2 aromatic heterocycles. The predicted molar refractivity (Wildman–Crippen MR) is 126 cm³/mol. The molecule has 3 heterocycles. The third-order valence-electron chi connectivity index (χ3n) is 5.91. The molecule has 0 amide bonds. The summed E-state index contributed by atoms with van der Waals surface area (Å²) in [5, 5.41) is 29.6. The molecule has 8 nitrogen and oxygen atoms in total. The molecule has 1 saturated heterocycles. The standard InChI is InChI=1S/C24H30N4O4.ClH/c1-15(2)31-19-8-6-17(7-9-19)24(30,23(5)13-26-14-23)18-10-16(11-25-12-18)20-27-21(32-28-20)22(3,4)29;/h6-12,15,26,29-30H,13-14H2,1-5H3;1H/t24-;/m0./s1. The second-order valence-corrected chi connectivity index (χ2v) is 9.51. The summed E-state index contributed by atoms with van der Waals surface area (Å²) in [5.41, 5.74) is -1.02. The summed E-state index contributed by atoms with van der Waals surface area (Å²) in [6.45, 7) is 10.5. The fraction of sp³-hybridized carbons (Fsp3) is 0.458. The molecule has 1 aromatic carbocycles. The van der Waals surface area contributed by atoms with Crippen LogP contribution >= 0.6 is 12.4 Å². The summed E-state index contributed by atoms with van der Waals surface area (Å²) in [6, 6.07) is 9.38. The highest BCUT2D eigenvalue weighted by atomic mass is 35.5. The number of aromatic nitrogens is 3. The van der Waals surface area contributed by atoms with Crippen molar-refractivity contribution in [3.63, 3.8) is 0 Å². The molecule has 178 valence electrons. The number of aliphatic hydroxyl groups is 2. The van der Waals surface area contributed by atoms with Crippen molar-refractivity contribution in [3.8, 4) is 17.1 Å². The Bertz CT molecular complexity index is 1090. The van der Waals surface area contributed by atoms with Crippen molar-refractivity contribution in [3.05, 3.63) is 59.7 Å². The number of nitrogens with one attached hydrogen (secondary N) is 1. The Hall–Kier alpha value is -2.52. The summed E-state index contributed by atoms with van der Waals surface area (Å²) in [5.74, 6) is 1.17. The van der Waals surface area contributed by atoms with Crippen LogP contribution in [0.1, 0.15) is 51.6 Å². The average molecular weight is 475 g/mol.